The lowest BCUT2D eigenvalue weighted by Crippen LogP contribution is -1.82. The van der Waals surface area contributed by atoms with Gasteiger partial charge in [-0.2, -0.15) is 0 Å². The SMILES string of the molecule is Oc1cnc2ccccc2c1I. The molecule has 0 aliphatic heterocycles. The average molecular weight is 271 g/mol. The fraction of sp³-hybridized carbons (Fsp3) is 0. The predicted octanol–water partition coefficient (Wildman–Crippen LogP) is 2.55. The van der Waals surface area contributed by atoms with Gasteiger partial charge in [0.05, 0.1) is 15.3 Å². The number of fused-ring (bicyclic) bond motifs is 1. The first-order chi connectivity index (χ1) is 5.79. The first kappa shape index (κ1) is 7.79. The van der Waals surface area contributed by atoms with Crippen LogP contribution in [0.5, 0.6) is 5.75 Å². The molecule has 60 valence electrons. The summed E-state index contributed by atoms with van der Waals surface area (Å²) in [6, 6.07) is 7.74. The summed E-state index contributed by atoms with van der Waals surface area (Å²) in [7, 11) is 0. The lowest BCUT2D eigenvalue weighted by molar-refractivity contribution is 0.470. The Morgan fingerprint density at radius 3 is 2.83 bits per heavy atom. The van der Waals surface area contributed by atoms with Crippen LogP contribution in [-0.2, 0) is 0 Å². The molecule has 0 spiro atoms. The Labute approximate surface area is 83.4 Å². The molecule has 1 aromatic heterocycles. The van der Waals surface area contributed by atoms with E-state index in [9.17, 15) is 5.11 Å². The van der Waals surface area contributed by atoms with E-state index in [-0.39, 0.29) is 5.75 Å². The van der Waals surface area contributed by atoms with Gasteiger partial charge in [-0.1, -0.05) is 18.2 Å². The van der Waals surface area contributed by atoms with Crippen LogP contribution in [0.15, 0.2) is 30.5 Å². The summed E-state index contributed by atoms with van der Waals surface area (Å²) in [6.07, 6.45) is 1.48. The summed E-state index contributed by atoms with van der Waals surface area (Å²) in [5.41, 5.74) is 0.916. The van der Waals surface area contributed by atoms with Crippen molar-refractivity contribution in [3.8, 4) is 5.75 Å². The molecule has 2 rings (SSSR count). The van der Waals surface area contributed by atoms with Crippen LogP contribution in [-0.4, -0.2) is 10.1 Å². The van der Waals surface area contributed by atoms with Crippen LogP contribution in [0.2, 0.25) is 0 Å². The Morgan fingerprint density at radius 2 is 2.00 bits per heavy atom. The number of para-hydroxylation sites is 1. The lowest BCUT2D eigenvalue weighted by atomic mass is 10.2. The number of benzene rings is 1. The van der Waals surface area contributed by atoms with Crippen molar-refractivity contribution < 1.29 is 5.11 Å². The minimum absolute atomic E-state index is 0.245. The normalized spacial score (nSPS) is 10.4. The molecule has 0 radical (unpaired) electrons. The van der Waals surface area contributed by atoms with Crippen LogP contribution in [0.4, 0.5) is 0 Å². The molecular formula is C9H6INO. The van der Waals surface area contributed by atoms with Gasteiger partial charge in [-0.3, -0.25) is 4.98 Å². The van der Waals surface area contributed by atoms with Gasteiger partial charge in [0.2, 0.25) is 0 Å². The highest BCUT2D eigenvalue weighted by atomic mass is 127. The Hall–Kier alpha value is -0.840. The maximum absolute atomic E-state index is 9.35. The van der Waals surface area contributed by atoms with E-state index in [1.54, 1.807) is 0 Å². The molecule has 0 bridgehead atoms. The third-order valence-corrected chi connectivity index (χ3v) is 2.83. The van der Waals surface area contributed by atoms with Gasteiger partial charge in [-0.25, -0.2) is 0 Å². The Balaban J connectivity index is 2.91. The highest BCUT2D eigenvalue weighted by molar-refractivity contribution is 14.1. The fourth-order valence-electron chi connectivity index (χ4n) is 1.10. The van der Waals surface area contributed by atoms with Gasteiger partial charge in [0, 0.05) is 5.39 Å². The first-order valence-corrected chi connectivity index (χ1v) is 4.59. The molecule has 12 heavy (non-hydrogen) atoms. The molecule has 0 aliphatic rings. The first-order valence-electron chi connectivity index (χ1n) is 3.51. The highest BCUT2D eigenvalue weighted by Crippen LogP contribution is 2.25. The summed E-state index contributed by atoms with van der Waals surface area (Å²) < 4.78 is 0.859. The van der Waals surface area contributed by atoms with Crippen molar-refractivity contribution in [1.29, 1.82) is 0 Å². The molecule has 0 fully saturated rings. The van der Waals surface area contributed by atoms with Crippen LogP contribution in [0.3, 0.4) is 0 Å². The van der Waals surface area contributed by atoms with Crippen molar-refractivity contribution in [3.05, 3.63) is 34.0 Å². The van der Waals surface area contributed by atoms with Crippen LogP contribution in [0, 0.1) is 3.57 Å². The smallest absolute Gasteiger partial charge is 0.147 e. The predicted molar refractivity (Wildman–Crippen MR) is 56.1 cm³/mol. The van der Waals surface area contributed by atoms with E-state index in [1.165, 1.54) is 6.20 Å². The van der Waals surface area contributed by atoms with Gasteiger partial charge < -0.3 is 5.11 Å². The number of pyridine rings is 1. The zero-order valence-electron chi connectivity index (χ0n) is 6.16. The van der Waals surface area contributed by atoms with E-state index in [2.05, 4.69) is 27.6 Å². The number of aromatic hydroxyl groups is 1. The summed E-state index contributed by atoms with van der Waals surface area (Å²) >= 11 is 2.11. The van der Waals surface area contributed by atoms with Gasteiger partial charge in [-0.15, -0.1) is 0 Å². The van der Waals surface area contributed by atoms with Crippen molar-refractivity contribution in [2.45, 2.75) is 0 Å². The number of aromatic nitrogens is 1. The van der Waals surface area contributed by atoms with Gasteiger partial charge in [-0.05, 0) is 28.7 Å². The molecule has 0 atom stereocenters. The standard InChI is InChI=1S/C9H6INO/c10-9-6-3-1-2-4-7(6)11-5-8(9)12/h1-5,12H. The van der Waals surface area contributed by atoms with Crippen LogP contribution in [0.25, 0.3) is 10.9 Å². The topological polar surface area (TPSA) is 33.1 Å². The summed E-state index contributed by atoms with van der Waals surface area (Å²) in [5, 5.41) is 10.3. The zero-order valence-corrected chi connectivity index (χ0v) is 8.32. The van der Waals surface area contributed by atoms with Crippen LogP contribution >= 0.6 is 22.6 Å². The Kier molecular flexibility index (Phi) is 1.88. The summed E-state index contributed by atoms with van der Waals surface area (Å²) in [4.78, 5) is 4.09. The third kappa shape index (κ3) is 1.14. The molecule has 1 heterocycles. The minimum Gasteiger partial charge on any atom is -0.505 e. The molecule has 2 aromatic rings. The monoisotopic (exact) mass is 271 g/mol. The molecule has 0 saturated carbocycles. The second kappa shape index (κ2) is 2.90. The molecule has 1 aromatic carbocycles. The van der Waals surface area contributed by atoms with Gasteiger partial charge >= 0.3 is 0 Å². The molecule has 0 unspecified atom stereocenters. The van der Waals surface area contributed by atoms with Crippen molar-refractivity contribution in [1.82, 2.24) is 4.98 Å². The number of nitrogens with zero attached hydrogens (tertiary/aromatic N) is 1. The Morgan fingerprint density at radius 1 is 1.25 bits per heavy atom. The van der Waals surface area contributed by atoms with Crippen molar-refractivity contribution in [2.75, 3.05) is 0 Å². The van der Waals surface area contributed by atoms with Gasteiger partial charge in [0.15, 0.2) is 0 Å². The highest BCUT2D eigenvalue weighted by Gasteiger charge is 2.02. The minimum atomic E-state index is 0.245. The number of hydrogen-bond donors (Lipinski definition) is 1. The van der Waals surface area contributed by atoms with E-state index in [0.29, 0.717) is 0 Å². The largest absolute Gasteiger partial charge is 0.505 e. The van der Waals surface area contributed by atoms with E-state index >= 15 is 0 Å². The van der Waals surface area contributed by atoms with Crippen LogP contribution < -0.4 is 0 Å². The van der Waals surface area contributed by atoms with Crippen molar-refractivity contribution >= 4 is 33.5 Å². The number of halogens is 1. The zero-order chi connectivity index (χ0) is 8.55. The van der Waals surface area contributed by atoms with Gasteiger partial charge in [0.1, 0.15) is 5.75 Å². The van der Waals surface area contributed by atoms with E-state index in [0.717, 1.165) is 14.5 Å². The summed E-state index contributed by atoms with van der Waals surface area (Å²) in [5.74, 6) is 0.245. The molecule has 0 aliphatic carbocycles. The molecular weight excluding hydrogens is 265 g/mol. The third-order valence-electron chi connectivity index (χ3n) is 1.69. The maximum Gasteiger partial charge on any atom is 0.147 e. The number of rotatable bonds is 0. The van der Waals surface area contributed by atoms with E-state index in [1.807, 2.05) is 24.3 Å². The average Bonchev–Trinajstić information content (AvgIpc) is 2.12. The molecule has 2 nitrogen and oxygen atoms in total. The van der Waals surface area contributed by atoms with E-state index in [4.69, 9.17) is 0 Å². The Bertz CT molecular complexity index is 428. The van der Waals surface area contributed by atoms with Crippen molar-refractivity contribution in [3.63, 3.8) is 0 Å². The fourth-order valence-corrected chi connectivity index (χ4v) is 1.69. The quantitative estimate of drug-likeness (QED) is 0.747. The van der Waals surface area contributed by atoms with E-state index < -0.39 is 0 Å². The second-order valence-electron chi connectivity index (χ2n) is 2.47. The molecule has 3 heteroatoms. The molecule has 0 amide bonds. The molecule has 0 saturated heterocycles. The maximum atomic E-state index is 9.35. The van der Waals surface area contributed by atoms with Gasteiger partial charge in [0.25, 0.3) is 0 Å². The summed E-state index contributed by atoms with van der Waals surface area (Å²) in [6.45, 7) is 0. The lowest BCUT2D eigenvalue weighted by Gasteiger charge is -2.00. The number of hydrogen-bond acceptors (Lipinski definition) is 2. The molecule has 1 N–H and O–H groups in total. The van der Waals surface area contributed by atoms with Crippen molar-refractivity contribution in [2.24, 2.45) is 0 Å². The second-order valence-corrected chi connectivity index (χ2v) is 3.55. The van der Waals surface area contributed by atoms with Crippen LogP contribution in [0.1, 0.15) is 0 Å².